The van der Waals surface area contributed by atoms with E-state index in [4.69, 9.17) is 14.2 Å². The second-order valence-corrected chi connectivity index (χ2v) is 9.97. The van der Waals surface area contributed by atoms with Gasteiger partial charge in [0.15, 0.2) is 5.79 Å². The van der Waals surface area contributed by atoms with E-state index in [-0.39, 0.29) is 16.7 Å². The lowest BCUT2D eigenvalue weighted by Crippen LogP contribution is -2.47. The van der Waals surface area contributed by atoms with Crippen molar-refractivity contribution in [2.75, 3.05) is 6.61 Å². The van der Waals surface area contributed by atoms with Crippen molar-refractivity contribution in [2.24, 2.45) is 0 Å². The minimum absolute atomic E-state index is 0.259. The fourth-order valence-corrected chi connectivity index (χ4v) is 4.20. The Labute approximate surface area is 192 Å². The summed E-state index contributed by atoms with van der Waals surface area (Å²) in [5.74, 6) is -1.51. The fraction of sp³-hybridized carbons (Fsp3) is 0.480. The summed E-state index contributed by atoms with van der Waals surface area (Å²) < 4.78 is 20.3. The van der Waals surface area contributed by atoms with Crippen molar-refractivity contribution in [3.63, 3.8) is 0 Å². The Bertz CT molecular complexity index is 1220. The summed E-state index contributed by atoms with van der Waals surface area (Å²) in [4.78, 5) is 39.4. The van der Waals surface area contributed by atoms with Gasteiger partial charge in [0.2, 0.25) is 0 Å². The molecule has 1 aliphatic carbocycles. The van der Waals surface area contributed by atoms with E-state index >= 15 is 0 Å². The van der Waals surface area contributed by atoms with E-state index in [1.165, 1.54) is 10.8 Å². The number of aryl methyl sites for hydroxylation is 1. The number of aromatic nitrogens is 2. The van der Waals surface area contributed by atoms with Crippen LogP contribution < -0.4 is 11.2 Å². The lowest BCUT2D eigenvalue weighted by Gasteiger charge is -2.23. The van der Waals surface area contributed by atoms with Crippen molar-refractivity contribution in [2.45, 2.75) is 71.2 Å². The van der Waals surface area contributed by atoms with Gasteiger partial charge in [-0.1, -0.05) is 24.3 Å². The molecule has 1 fully saturated rings. The van der Waals surface area contributed by atoms with Gasteiger partial charge < -0.3 is 14.2 Å². The maximum Gasteiger partial charge on any atom is 0.338 e. The first kappa shape index (κ1) is 23.4. The van der Waals surface area contributed by atoms with E-state index in [0.717, 1.165) is 5.57 Å². The Balaban J connectivity index is 1.80. The second-order valence-electron chi connectivity index (χ2n) is 9.97. The van der Waals surface area contributed by atoms with E-state index in [1.54, 1.807) is 37.3 Å². The molecule has 8 nitrogen and oxygen atoms in total. The zero-order chi connectivity index (χ0) is 24.1. The molecular formula is C25H30N2O6. The van der Waals surface area contributed by atoms with Crippen LogP contribution >= 0.6 is 0 Å². The summed E-state index contributed by atoms with van der Waals surface area (Å²) in [6, 6.07) is 7.72. The lowest BCUT2D eigenvalue weighted by atomic mass is 10.1. The van der Waals surface area contributed by atoms with Gasteiger partial charge in [0.05, 0.1) is 18.2 Å². The number of hydrogen-bond donors (Lipinski definition) is 0. The van der Waals surface area contributed by atoms with Crippen LogP contribution in [0.25, 0.3) is 0 Å². The SMILES string of the molecule is Cc1cn([C@H]2C=C(COC(C)(C)C)[C@@H]3OC(C)(C)O[C@@H]32)c(=O)n(C(=O)c2ccccc2)c1=O. The molecule has 0 radical (unpaired) electrons. The van der Waals surface area contributed by atoms with Gasteiger partial charge in [0.1, 0.15) is 12.2 Å². The van der Waals surface area contributed by atoms with Crippen molar-refractivity contribution in [1.29, 1.82) is 0 Å². The smallest absolute Gasteiger partial charge is 0.338 e. The number of carbonyl (C=O) groups is 1. The Kier molecular flexibility index (Phi) is 5.80. The maximum atomic E-state index is 13.5. The molecule has 2 aliphatic rings. The third-order valence-corrected chi connectivity index (χ3v) is 5.72. The number of rotatable bonds is 4. The quantitative estimate of drug-likeness (QED) is 0.660. The molecule has 1 aromatic heterocycles. The molecule has 0 unspecified atom stereocenters. The van der Waals surface area contributed by atoms with Crippen LogP contribution in [0.3, 0.4) is 0 Å². The third-order valence-electron chi connectivity index (χ3n) is 5.72. The highest BCUT2D eigenvalue weighted by Crippen LogP contribution is 2.43. The monoisotopic (exact) mass is 454 g/mol. The topological polar surface area (TPSA) is 88.8 Å². The van der Waals surface area contributed by atoms with Gasteiger partial charge in [0, 0.05) is 17.3 Å². The molecule has 8 heteroatoms. The second kappa shape index (κ2) is 8.20. The molecule has 0 spiro atoms. The molecule has 0 bridgehead atoms. The fourth-order valence-electron chi connectivity index (χ4n) is 4.20. The molecule has 2 heterocycles. The highest BCUT2D eigenvalue weighted by molar-refractivity contribution is 5.95. The van der Waals surface area contributed by atoms with Gasteiger partial charge in [-0.15, -0.1) is 0 Å². The van der Waals surface area contributed by atoms with E-state index < -0.39 is 41.2 Å². The molecule has 3 atom stereocenters. The molecule has 0 N–H and O–H groups in total. The molecule has 1 saturated heterocycles. The zero-order valence-corrected chi connectivity index (χ0v) is 19.8. The van der Waals surface area contributed by atoms with Gasteiger partial charge in [-0.2, -0.15) is 4.57 Å². The van der Waals surface area contributed by atoms with Crippen LogP contribution in [0.2, 0.25) is 0 Å². The highest BCUT2D eigenvalue weighted by Gasteiger charge is 2.51. The van der Waals surface area contributed by atoms with Gasteiger partial charge in [-0.05, 0) is 59.2 Å². The summed E-state index contributed by atoms with van der Waals surface area (Å²) in [6.45, 7) is 11.4. The minimum atomic E-state index is -0.845. The Hall–Kier alpha value is -2.81. The molecule has 0 saturated carbocycles. The van der Waals surface area contributed by atoms with E-state index in [0.29, 0.717) is 11.2 Å². The van der Waals surface area contributed by atoms with E-state index in [2.05, 4.69) is 0 Å². The van der Waals surface area contributed by atoms with Crippen LogP contribution in [0.5, 0.6) is 0 Å². The van der Waals surface area contributed by atoms with Crippen LogP contribution in [0.1, 0.15) is 56.6 Å². The Morgan fingerprint density at radius 3 is 2.42 bits per heavy atom. The van der Waals surface area contributed by atoms with Gasteiger partial charge >= 0.3 is 5.69 Å². The molecule has 2 aromatic rings. The normalized spacial score (nSPS) is 23.9. The largest absolute Gasteiger partial charge is 0.371 e. The number of carbonyl (C=O) groups excluding carboxylic acids is 1. The molecule has 0 amide bonds. The van der Waals surface area contributed by atoms with Crippen LogP contribution in [-0.4, -0.2) is 45.2 Å². The van der Waals surface area contributed by atoms with Crippen molar-refractivity contribution in [1.82, 2.24) is 9.13 Å². The molecule has 33 heavy (non-hydrogen) atoms. The van der Waals surface area contributed by atoms with Crippen LogP contribution in [0.4, 0.5) is 0 Å². The summed E-state index contributed by atoms with van der Waals surface area (Å²) in [5, 5.41) is 0. The van der Waals surface area contributed by atoms with E-state index in [1.807, 2.05) is 40.7 Å². The minimum Gasteiger partial charge on any atom is -0.371 e. The van der Waals surface area contributed by atoms with Gasteiger partial charge in [-0.3, -0.25) is 14.2 Å². The maximum absolute atomic E-state index is 13.5. The van der Waals surface area contributed by atoms with Crippen molar-refractivity contribution >= 4 is 5.91 Å². The van der Waals surface area contributed by atoms with Crippen molar-refractivity contribution in [3.05, 3.63) is 80.1 Å². The summed E-state index contributed by atoms with van der Waals surface area (Å²) >= 11 is 0. The van der Waals surface area contributed by atoms with Crippen molar-refractivity contribution in [3.8, 4) is 0 Å². The first-order valence-corrected chi connectivity index (χ1v) is 11.0. The Morgan fingerprint density at radius 1 is 1.12 bits per heavy atom. The van der Waals surface area contributed by atoms with Crippen LogP contribution in [0, 0.1) is 6.92 Å². The predicted molar refractivity (Wildman–Crippen MR) is 123 cm³/mol. The number of fused-ring (bicyclic) bond motifs is 1. The number of hydrogen-bond acceptors (Lipinski definition) is 6. The molecule has 1 aromatic carbocycles. The molecule has 4 rings (SSSR count). The lowest BCUT2D eigenvalue weighted by molar-refractivity contribution is -0.148. The number of benzene rings is 1. The first-order chi connectivity index (χ1) is 15.4. The third kappa shape index (κ3) is 4.51. The van der Waals surface area contributed by atoms with Crippen LogP contribution in [0.15, 0.2) is 57.8 Å². The number of ether oxygens (including phenoxy) is 3. The average Bonchev–Trinajstić information content (AvgIpc) is 3.22. The zero-order valence-electron chi connectivity index (χ0n) is 19.8. The van der Waals surface area contributed by atoms with Crippen molar-refractivity contribution < 1.29 is 19.0 Å². The summed E-state index contributed by atoms with van der Waals surface area (Å²) in [6.07, 6.45) is 2.48. The van der Waals surface area contributed by atoms with Crippen LogP contribution in [-0.2, 0) is 14.2 Å². The standard InChI is InChI=1S/C25H30N2O6/c1-15-13-26(23(30)27(21(15)28)22(29)16-10-8-7-9-11-16)18-12-17(14-31-24(2,3)4)19-20(18)33-25(5,6)32-19/h7-13,18-20H,14H2,1-6H3/t18-,19-,20+/m0/s1. The first-order valence-electron chi connectivity index (χ1n) is 11.0. The predicted octanol–water partition coefficient (Wildman–Crippen LogP) is 2.82. The highest BCUT2D eigenvalue weighted by atomic mass is 16.8. The molecular weight excluding hydrogens is 424 g/mol. The van der Waals surface area contributed by atoms with Gasteiger partial charge in [-0.25, -0.2) is 4.79 Å². The average molecular weight is 455 g/mol. The summed E-state index contributed by atoms with van der Waals surface area (Å²) in [5.41, 5.74) is -0.306. The summed E-state index contributed by atoms with van der Waals surface area (Å²) in [7, 11) is 0. The Morgan fingerprint density at radius 2 is 1.79 bits per heavy atom. The van der Waals surface area contributed by atoms with Gasteiger partial charge in [0.25, 0.3) is 11.5 Å². The molecule has 176 valence electrons. The number of nitrogens with zero attached hydrogens (tertiary/aromatic N) is 2. The van der Waals surface area contributed by atoms with E-state index in [9.17, 15) is 14.4 Å². The molecule has 1 aliphatic heterocycles.